The van der Waals surface area contributed by atoms with Crippen molar-refractivity contribution in [3.8, 4) is 0 Å². The van der Waals surface area contributed by atoms with Gasteiger partial charge < -0.3 is 0 Å². The highest BCUT2D eigenvalue weighted by atomic mass is 79.9. The Morgan fingerprint density at radius 1 is 1.26 bits per heavy atom. The number of rotatable bonds is 5. The van der Waals surface area contributed by atoms with E-state index in [1.54, 1.807) is 30.4 Å². The van der Waals surface area contributed by atoms with Gasteiger partial charge in [-0.3, -0.25) is 10.1 Å². The maximum atomic E-state index is 11.4. The highest BCUT2D eigenvalue weighted by Gasteiger charge is 2.18. The molecular weight excluding hydrogens is 374 g/mol. The molecule has 2 rings (SSSR count). The predicted molar refractivity (Wildman–Crippen MR) is 103 cm³/mol. The molecule has 0 saturated carbocycles. The summed E-state index contributed by atoms with van der Waals surface area (Å²) in [5.74, 6) is 0. The van der Waals surface area contributed by atoms with Gasteiger partial charge in [-0.25, -0.2) is 0 Å². The van der Waals surface area contributed by atoms with Crippen LogP contribution in [-0.2, 0) is 0 Å². The summed E-state index contributed by atoms with van der Waals surface area (Å²) in [7, 11) is 0. The molecule has 0 atom stereocenters. The molecule has 0 amide bonds. The van der Waals surface area contributed by atoms with Crippen molar-refractivity contribution in [3.05, 3.63) is 84.4 Å². The minimum absolute atomic E-state index is 0.0243. The zero-order chi connectivity index (χ0) is 17.1. The molecule has 0 aliphatic heterocycles. The summed E-state index contributed by atoms with van der Waals surface area (Å²) in [6.45, 7) is 15.5. The molecule has 1 aromatic carbocycles. The smallest absolute Gasteiger partial charge is 0.258 e. The molecule has 0 saturated heterocycles. The number of nitro groups is 1. The fourth-order valence-corrected chi connectivity index (χ4v) is 3.82. The molecule has 0 bridgehead atoms. The van der Waals surface area contributed by atoms with Crippen molar-refractivity contribution >= 4 is 57.3 Å². The van der Waals surface area contributed by atoms with E-state index < -0.39 is 4.92 Å². The Bertz CT molecular complexity index is 941. The summed E-state index contributed by atoms with van der Waals surface area (Å²) in [5.41, 5.74) is 2.08. The Morgan fingerprint density at radius 3 is 2.43 bits per heavy atom. The third-order valence-corrected chi connectivity index (χ3v) is 5.13. The maximum absolute atomic E-state index is 11.4. The highest BCUT2D eigenvalue weighted by molar-refractivity contribution is 9.10. The van der Waals surface area contributed by atoms with E-state index in [-0.39, 0.29) is 5.69 Å². The number of nitrogens with zero attached hydrogens (tertiary/aromatic N) is 1. The van der Waals surface area contributed by atoms with Crippen LogP contribution in [0.5, 0.6) is 0 Å². The molecule has 0 radical (unpaired) electrons. The first kappa shape index (κ1) is 17.1. The first-order chi connectivity index (χ1) is 10.9. The van der Waals surface area contributed by atoms with Crippen LogP contribution in [0.25, 0.3) is 24.3 Å². The topological polar surface area (TPSA) is 43.1 Å². The van der Waals surface area contributed by atoms with Crippen LogP contribution in [0, 0.1) is 10.1 Å². The van der Waals surface area contributed by atoms with E-state index in [1.165, 1.54) is 17.4 Å². The second-order valence-corrected chi connectivity index (χ2v) is 6.60. The van der Waals surface area contributed by atoms with Crippen molar-refractivity contribution < 1.29 is 4.92 Å². The molecule has 0 aliphatic carbocycles. The lowest BCUT2D eigenvalue weighted by molar-refractivity contribution is -0.385. The van der Waals surface area contributed by atoms with Crippen LogP contribution >= 0.6 is 27.3 Å². The van der Waals surface area contributed by atoms with E-state index in [2.05, 4.69) is 42.2 Å². The third-order valence-electron chi connectivity index (χ3n) is 3.36. The highest BCUT2D eigenvalue weighted by Crippen LogP contribution is 2.29. The van der Waals surface area contributed by atoms with Gasteiger partial charge >= 0.3 is 0 Å². The van der Waals surface area contributed by atoms with Crippen molar-refractivity contribution in [2.75, 3.05) is 0 Å². The molecule has 1 heterocycles. The number of nitro benzene ring substituents is 1. The number of thiophene rings is 1. The van der Waals surface area contributed by atoms with Gasteiger partial charge in [0.25, 0.3) is 5.69 Å². The summed E-state index contributed by atoms with van der Waals surface area (Å²) in [6.07, 6.45) is 5.07. The van der Waals surface area contributed by atoms with Gasteiger partial charge in [-0.15, -0.1) is 11.3 Å². The van der Waals surface area contributed by atoms with Crippen LogP contribution in [-0.4, -0.2) is 4.92 Å². The quantitative estimate of drug-likeness (QED) is 0.559. The van der Waals surface area contributed by atoms with E-state index in [1.807, 2.05) is 0 Å². The van der Waals surface area contributed by atoms with Gasteiger partial charge in [0.2, 0.25) is 0 Å². The molecule has 0 unspecified atom stereocenters. The van der Waals surface area contributed by atoms with Gasteiger partial charge in [0.15, 0.2) is 0 Å². The van der Waals surface area contributed by atoms with E-state index >= 15 is 0 Å². The summed E-state index contributed by atoms with van der Waals surface area (Å²) in [6, 6.07) is 4.84. The first-order valence-corrected chi connectivity index (χ1v) is 8.23. The normalized spacial score (nSPS) is 11.7. The molecule has 0 N–H and O–H groups in total. The van der Waals surface area contributed by atoms with E-state index in [0.717, 1.165) is 24.7 Å². The zero-order valence-corrected chi connectivity index (χ0v) is 14.7. The SMILES string of the molecule is C=C/C(c1cc(Br)ccc1[N+](=O)[O-])=c1/sc(C=C)c(C=C)c1=C. The van der Waals surface area contributed by atoms with Gasteiger partial charge in [0.05, 0.1) is 10.5 Å². The van der Waals surface area contributed by atoms with Crippen LogP contribution in [0.15, 0.2) is 48.5 Å². The Hall–Kier alpha value is -2.24. The maximum Gasteiger partial charge on any atom is 0.277 e. The van der Waals surface area contributed by atoms with Crippen molar-refractivity contribution in [1.29, 1.82) is 0 Å². The second kappa shape index (κ2) is 6.89. The van der Waals surface area contributed by atoms with Crippen molar-refractivity contribution in [1.82, 2.24) is 0 Å². The molecule has 3 nitrogen and oxygen atoms in total. The fraction of sp³-hybridized carbons (Fsp3) is 0. The number of allylic oxidation sites excluding steroid dienone is 1. The van der Waals surface area contributed by atoms with Gasteiger partial charge in [-0.05, 0) is 22.9 Å². The molecule has 23 heavy (non-hydrogen) atoms. The lowest BCUT2D eigenvalue weighted by Crippen LogP contribution is -2.21. The van der Waals surface area contributed by atoms with Gasteiger partial charge in [0, 0.05) is 25.5 Å². The van der Waals surface area contributed by atoms with Gasteiger partial charge in [0.1, 0.15) is 0 Å². The summed E-state index contributed by atoms with van der Waals surface area (Å²) in [5, 5.41) is 12.1. The van der Waals surface area contributed by atoms with E-state index in [9.17, 15) is 10.1 Å². The zero-order valence-electron chi connectivity index (χ0n) is 12.3. The molecule has 5 heteroatoms. The van der Waals surface area contributed by atoms with Crippen molar-refractivity contribution in [2.45, 2.75) is 0 Å². The lowest BCUT2D eigenvalue weighted by Gasteiger charge is -2.04. The molecule has 0 aliphatic rings. The number of benzene rings is 1. The number of hydrogen-bond donors (Lipinski definition) is 0. The minimum Gasteiger partial charge on any atom is -0.258 e. The molecule has 1 aromatic heterocycles. The average molecular weight is 388 g/mol. The van der Waals surface area contributed by atoms with Crippen LogP contribution in [0.2, 0.25) is 0 Å². The largest absolute Gasteiger partial charge is 0.277 e. The molecule has 116 valence electrons. The number of hydrogen-bond acceptors (Lipinski definition) is 3. The Kier molecular flexibility index (Phi) is 5.13. The molecule has 2 aromatic rings. The molecule has 0 fully saturated rings. The van der Waals surface area contributed by atoms with Crippen molar-refractivity contribution in [3.63, 3.8) is 0 Å². The lowest BCUT2D eigenvalue weighted by atomic mass is 10.0. The molecule has 0 spiro atoms. The Balaban J connectivity index is 2.99. The van der Waals surface area contributed by atoms with Crippen LogP contribution in [0.3, 0.4) is 0 Å². The monoisotopic (exact) mass is 387 g/mol. The van der Waals surface area contributed by atoms with Gasteiger partial charge in [-0.2, -0.15) is 0 Å². The van der Waals surface area contributed by atoms with E-state index in [4.69, 9.17) is 0 Å². The standard InChI is InChI=1S/C18H14BrNO2S/c1-5-13-11(4)18(23-17(13)7-3)14(6-2)15-10-12(19)8-9-16(15)20(21)22/h5-10H,1-4H2/b18-14-. The molecular formula is C18H14BrNO2S. The van der Waals surface area contributed by atoms with Crippen molar-refractivity contribution in [2.24, 2.45) is 0 Å². The Morgan fingerprint density at radius 2 is 1.96 bits per heavy atom. The van der Waals surface area contributed by atoms with Crippen LogP contribution in [0.4, 0.5) is 5.69 Å². The average Bonchev–Trinajstić information content (AvgIpc) is 2.84. The summed E-state index contributed by atoms with van der Waals surface area (Å²) >= 11 is 4.83. The third kappa shape index (κ3) is 3.11. The second-order valence-electron chi connectivity index (χ2n) is 4.63. The Labute approximate surface area is 146 Å². The summed E-state index contributed by atoms with van der Waals surface area (Å²) in [4.78, 5) is 11.9. The fourth-order valence-electron chi connectivity index (χ4n) is 2.30. The van der Waals surface area contributed by atoms with E-state index in [0.29, 0.717) is 11.1 Å². The number of halogens is 1. The van der Waals surface area contributed by atoms with Crippen LogP contribution < -0.4 is 9.75 Å². The first-order valence-electron chi connectivity index (χ1n) is 6.62. The predicted octanol–water partition coefficient (Wildman–Crippen LogP) is 4.50. The summed E-state index contributed by atoms with van der Waals surface area (Å²) < 4.78 is 1.58. The minimum atomic E-state index is -0.398. The van der Waals surface area contributed by atoms with Gasteiger partial charge in [-0.1, -0.05) is 60.5 Å². The van der Waals surface area contributed by atoms with Crippen LogP contribution in [0.1, 0.15) is 16.0 Å².